The molecule has 0 fully saturated rings. The summed E-state index contributed by atoms with van der Waals surface area (Å²) < 4.78 is 25.6. The summed E-state index contributed by atoms with van der Waals surface area (Å²) in [5.41, 5.74) is -1.25. The highest BCUT2D eigenvalue weighted by molar-refractivity contribution is 5.75. The molecule has 0 bridgehead atoms. The number of carboxylic acids is 1. The molecular weight excluding hydrogens is 212 g/mol. The summed E-state index contributed by atoms with van der Waals surface area (Å²) in [5, 5.41) is 20.2. The van der Waals surface area contributed by atoms with E-state index in [2.05, 4.69) is 0 Å². The minimum atomic E-state index is -4.14. The minimum Gasteiger partial charge on any atom is -0.544 e. The summed E-state index contributed by atoms with van der Waals surface area (Å²) in [7, 11) is 0. The van der Waals surface area contributed by atoms with Crippen molar-refractivity contribution in [3.63, 3.8) is 0 Å². The van der Waals surface area contributed by atoms with E-state index in [-0.39, 0.29) is 0 Å². The third-order valence-electron chi connectivity index (χ3n) is 1.70. The molecule has 0 saturated carbocycles. The average molecular weight is 216 g/mol. The van der Waals surface area contributed by atoms with E-state index in [9.17, 15) is 28.8 Å². The molecule has 0 aliphatic rings. The van der Waals surface area contributed by atoms with Gasteiger partial charge in [-0.15, -0.1) is 0 Å². The monoisotopic (exact) mass is 216 g/mol. The number of non-ortho nitro benzene ring substituents is 1. The molecule has 15 heavy (non-hydrogen) atoms. The number of nitro benzene ring substituents is 1. The first-order valence-corrected chi connectivity index (χ1v) is 3.70. The van der Waals surface area contributed by atoms with Gasteiger partial charge in [-0.3, -0.25) is 10.1 Å². The summed E-state index contributed by atoms with van der Waals surface area (Å²) in [4.78, 5) is 19.5. The molecule has 80 valence electrons. The third-order valence-corrected chi connectivity index (χ3v) is 1.70. The molecule has 0 unspecified atom stereocenters. The highest BCUT2D eigenvalue weighted by atomic mass is 19.3. The maximum absolute atomic E-state index is 12.8. The van der Waals surface area contributed by atoms with E-state index in [1.165, 1.54) is 0 Å². The molecule has 0 spiro atoms. The molecule has 0 heterocycles. The van der Waals surface area contributed by atoms with Crippen molar-refractivity contribution in [1.82, 2.24) is 0 Å². The lowest BCUT2D eigenvalue weighted by molar-refractivity contribution is -0.384. The van der Waals surface area contributed by atoms with Crippen LogP contribution in [0.3, 0.4) is 0 Å². The Morgan fingerprint density at radius 2 is 1.73 bits per heavy atom. The van der Waals surface area contributed by atoms with E-state index < -0.39 is 28.1 Å². The van der Waals surface area contributed by atoms with Crippen LogP contribution in [-0.2, 0) is 10.7 Å². The molecule has 0 aromatic heterocycles. The standard InChI is InChI=1S/C8H5F2NO4/c9-8(10,7(12)13)5-1-3-6(4-2-5)11(14)15/h1-4H,(H,12,13)/p-1. The number of carbonyl (C=O) groups excluding carboxylic acids is 1. The fourth-order valence-corrected chi connectivity index (χ4v) is 0.910. The first-order chi connectivity index (χ1) is 6.85. The Labute approximate surface area is 82.1 Å². The van der Waals surface area contributed by atoms with Crippen LogP contribution in [0.25, 0.3) is 0 Å². The highest BCUT2D eigenvalue weighted by Crippen LogP contribution is 2.28. The van der Waals surface area contributed by atoms with E-state index >= 15 is 0 Å². The molecule has 5 nitrogen and oxygen atoms in total. The molecule has 1 aromatic rings. The van der Waals surface area contributed by atoms with Crippen molar-refractivity contribution < 1.29 is 23.6 Å². The van der Waals surface area contributed by atoms with Crippen molar-refractivity contribution in [3.05, 3.63) is 39.9 Å². The number of nitrogens with zero attached hydrogens (tertiary/aromatic N) is 1. The minimum absolute atomic E-state index is 0.395. The van der Waals surface area contributed by atoms with Crippen LogP contribution in [0, 0.1) is 10.1 Å². The first-order valence-electron chi connectivity index (χ1n) is 3.70. The Morgan fingerprint density at radius 3 is 2.07 bits per heavy atom. The second-order valence-corrected chi connectivity index (χ2v) is 2.67. The number of hydrogen-bond donors (Lipinski definition) is 0. The van der Waals surface area contributed by atoms with Crippen LogP contribution in [0.2, 0.25) is 0 Å². The zero-order valence-corrected chi connectivity index (χ0v) is 7.15. The van der Waals surface area contributed by atoms with Gasteiger partial charge in [0, 0.05) is 17.7 Å². The molecule has 0 saturated heterocycles. The number of hydrogen-bond acceptors (Lipinski definition) is 4. The Bertz CT molecular complexity index is 402. The normalized spacial score (nSPS) is 11.1. The number of nitro groups is 1. The predicted molar refractivity (Wildman–Crippen MR) is 42.0 cm³/mol. The number of halogens is 2. The number of carbonyl (C=O) groups is 1. The zero-order chi connectivity index (χ0) is 11.6. The van der Waals surface area contributed by atoms with Crippen molar-refractivity contribution in [2.75, 3.05) is 0 Å². The van der Waals surface area contributed by atoms with Crippen molar-refractivity contribution >= 4 is 11.7 Å². The largest absolute Gasteiger partial charge is 0.544 e. The Balaban J connectivity index is 3.09. The van der Waals surface area contributed by atoms with E-state index in [0.717, 1.165) is 12.1 Å². The van der Waals surface area contributed by atoms with E-state index in [1.54, 1.807) is 0 Å². The number of carboxylic acid groups (broad SMARTS) is 1. The van der Waals surface area contributed by atoms with Crippen LogP contribution < -0.4 is 5.11 Å². The summed E-state index contributed by atoms with van der Waals surface area (Å²) in [6.45, 7) is 0. The number of alkyl halides is 2. The van der Waals surface area contributed by atoms with Gasteiger partial charge in [0.2, 0.25) is 0 Å². The molecule has 0 amide bonds. The van der Waals surface area contributed by atoms with Gasteiger partial charge < -0.3 is 9.90 Å². The van der Waals surface area contributed by atoms with Crippen molar-refractivity contribution in [3.8, 4) is 0 Å². The predicted octanol–water partition coefficient (Wildman–Crippen LogP) is 0.436. The van der Waals surface area contributed by atoms with Crippen molar-refractivity contribution in [1.29, 1.82) is 0 Å². The van der Waals surface area contributed by atoms with Gasteiger partial charge in [0.15, 0.2) is 0 Å². The summed E-state index contributed by atoms with van der Waals surface area (Å²) >= 11 is 0. The topological polar surface area (TPSA) is 83.3 Å². The fraction of sp³-hybridized carbons (Fsp3) is 0.125. The smallest absolute Gasteiger partial charge is 0.312 e. The second kappa shape index (κ2) is 3.60. The molecule has 0 atom stereocenters. The third kappa shape index (κ3) is 2.06. The van der Waals surface area contributed by atoms with Gasteiger partial charge >= 0.3 is 5.92 Å². The number of benzene rings is 1. The Kier molecular flexibility index (Phi) is 2.65. The Hall–Kier alpha value is -2.05. The SMILES string of the molecule is O=C([O-])C(F)(F)c1ccc([N+](=O)[O-])cc1. The maximum atomic E-state index is 12.8. The van der Waals surface area contributed by atoms with E-state index in [4.69, 9.17) is 0 Å². The van der Waals surface area contributed by atoms with Crippen LogP contribution in [0.5, 0.6) is 0 Å². The van der Waals surface area contributed by atoms with Crippen LogP contribution >= 0.6 is 0 Å². The summed E-state index contributed by atoms with van der Waals surface area (Å²) in [6.07, 6.45) is 0. The maximum Gasteiger partial charge on any atom is 0.312 e. The lowest BCUT2D eigenvalue weighted by Crippen LogP contribution is -2.39. The van der Waals surface area contributed by atoms with Crippen LogP contribution in [-0.4, -0.2) is 10.9 Å². The molecule has 1 rings (SSSR count). The van der Waals surface area contributed by atoms with Gasteiger partial charge in [-0.25, -0.2) is 0 Å². The van der Waals surface area contributed by atoms with E-state index in [0.29, 0.717) is 12.1 Å². The molecule has 1 aromatic carbocycles. The lowest BCUT2D eigenvalue weighted by Gasteiger charge is -2.16. The van der Waals surface area contributed by atoms with Gasteiger partial charge in [-0.2, -0.15) is 8.78 Å². The lowest BCUT2D eigenvalue weighted by atomic mass is 10.1. The average Bonchev–Trinajstić information content (AvgIpc) is 2.17. The van der Waals surface area contributed by atoms with Crippen LogP contribution in [0.1, 0.15) is 5.56 Å². The molecule has 0 N–H and O–H groups in total. The quantitative estimate of drug-likeness (QED) is 0.542. The Morgan fingerprint density at radius 1 is 1.27 bits per heavy atom. The van der Waals surface area contributed by atoms with Crippen molar-refractivity contribution in [2.24, 2.45) is 0 Å². The van der Waals surface area contributed by atoms with Crippen LogP contribution in [0.4, 0.5) is 14.5 Å². The molecule has 0 radical (unpaired) electrons. The zero-order valence-electron chi connectivity index (χ0n) is 7.15. The van der Waals surface area contributed by atoms with Gasteiger partial charge in [0.1, 0.15) is 5.97 Å². The fourth-order valence-electron chi connectivity index (χ4n) is 0.910. The van der Waals surface area contributed by atoms with Gasteiger partial charge in [0.05, 0.1) is 4.92 Å². The summed E-state index contributed by atoms with van der Waals surface area (Å²) in [6, 6.07) is 2.94. The molecule has 0 aliphatic heterocycles. The van der Waals surface area contributed by atoms with Crippen LogP contribution in [0.15, 0.2) is 24.3 Å². The molecular formula is C8H4F2NO4-. The first kappa shape index (κ1) is 11.0. The molecule has 7 heteroatoms. The van der Waals surface area contributed by atoms with E-state index in [1.807, 2.05) is 0 Å². The molecule has 0 aliphatic carbocycles. The second-order valence-electron chi connectivity index (χ2n) is 2.67. The number of rotatable bonds is 3. The van der Waals surface area contributed by atoms with Gasteiger partial charge in [-0.05, 0) is 12.1 Å². The summed E-state index contributed by atoms with van der Waals surface area (Å²) in [5.74, 6) is -6.69. The number of aliphatic carboxylic acids is 1. The van der Waals surface area contributed by atoms with Gasteiger partial charge in [0.25, 0.3) is 5.69 Å². The highest BCUT2D eigenvalue weighted by Gasteiger charge is 2.33. The van der Waals surface area contributed by atoms with Crippen molar-refractivity contribution in [2.45, 2.75) is 5.92 Å². The van der Waals surface area contributed by atoms with Gasteiger partial charge in [-0.1, -0.05) is 0 Å².